The molecule has 1 amide bonds. The predicted molar refractivity (Wildman–Crippen MR) is 202 cm³/mol. The molecule has 1 aliphatic rings. The Bertz CT molecular complexity index is 1900. The number of nitrogen functional groups attached to an aromatic ring is 1. The van der Waals surface area contributed by atoms with Crippen molar-refractivity contribution in [3.05, 3.63) is 78.4 Å². The average Bonchev–Trinajstić information content (AvgIpc) is 3.81. The van der Waals surface area contributed by atoms with Crippen molar-refractivity contribution >= 4 is 42.3 Å². The van der Waals surface area contributed by atoms with Gasteiger partial charge in [0.2, 0.25) is 0 Å². The molecule has 0 aliphatic heterocycles. The molecule has 0 spiro atoms. The smallest absolute Gasteiger partial charge is 0.408 e. The molecule has 4 aromatic rings. The quantitative estimate of drug-likeness (QED) is 0.0748. The number of hydrogen-bond donors (Lipinski definition) is 3. The van der Waals surface area contributed by atoms with Crippen LogP contribution in [-0.2, 0) is 47.9 Å². The summed E-state index contributed by atoms with van der Waals surface area (Å²) >= 11 is 0. The number of benzene rings is 2. The number of ether oxygens (including phenoxy) is 3. The summed E-state index contributed by atoms with van der Waals surface area (Å²) in [5.41, 5.74) is 8.49. The molecule has 5 rings (SSSR count). The van der Waals surface area contributed by atoms with Gasteiger partial charge in [0, 0.05) is 6.42 Å². The van der Waals surface area contributed by atoms with Gasteiger partial charge in [0.1, 0.15) is 36.6 Å². The first-order valence-electron chi connectivity index (χ1n) is 18.3. The maximum atomic E-state index is 14.3. The van der Waals surface area contributed by atoms with Gasteiger partial charge < -0.3 is 34.4 Å². The van der Waals surface area contributed by atoms with Crippen molar-refractivity contribution in [1.82, 2.24) is 29.9 Å². The number of Topliss-reactive ketones (excluding diaryl/α,β-unsaturated/α-hetero) is 1. The Morgan fingerprint density at radius 3 is 2.39 bits per heavy atom. The summed E-state index contributed by atoms with van der Waals surface area (Å²) in [7, 11) is -3.89. The van der Waals surface area contributed by atoms with E-state index in [9.17, 15) is 18.9 Å². The third kappa shape index (κ3) is 11.8. The van der Waals surface area contributed by atoms with Crippen molar-refractivity contribution in [2.75, 3.05) is 12.1 Å². The third-order valence-corrected chi connectivity index (χ3v) is 10.8. The van der Waals surface area contributed by atoms with E-state index in [1.807, 2.05) is 30.3 Å². The van der Waals surface area contributed by atoms with E-state index in [1.54, 1.807) is 55.9 Å². The lowest BCUT2D eigenvalue weighted by Crippen LogP contribution is -2.43. The highest BCUT2D eigenvalue weighted by Crippen LogP contribution is 2.44. The van der Waals surface area contributed by atoms with E-state index < -0.39 is 37.8 Å². The second kappa shape index (κ2) is 19.0. The largest absolute Gasteiger partial charge is 0.462 e. The fraction of sp³-hybridized carbons (Fsp3) is 0.474. The number of imidazole rings is 1. The number of alkyl carbamates (subject to hydrolysis) is 1. The summed E-state index contributed by atoms with van der Waals surface area (Å²) in [5, 5.41) is 5.60. The number of nitrogens with one attached hydrogen (secondary N) is 2. The Hall–Kier alpha value is -4.85. The Morgan fingerprint density at radius 2 is 1.69 bits per heavy atom. The summed E-state index contributed by atoms with van der Waals surface area (Å²) in [6, 6.07) is 14.3. The summed E-state index contributed by atoms with van der Waals surface area (Å²) in [5.74, 6) is 0.151. The normalized spacial score (nSPS) is 16.0. The SMILES string of the molecule is CC(C)OC(=O)[C@H](C)N[P@@](=O)(CO[C@H](C)Cn1cnc2c(N)ncnc21)Oc1ccc(C[C@H](NC(=O)OCc2ccccc2)C(=O)CC2CCCC2)cc1. The van der Waals surface area contributed by atoms with Crippen molar-refractivity contribution in [3.8, 4) is 5.75 Å². The molecule has 1 fully saturated rings. The zero-order valence-electron chi connectivity index (χ0n) is 31.2. The molecule has 2 aromatic heterocycles. The molecular formula is C38H50N7O8P. The number of nitrogens with zero attached hydrogens (tertiary/aromatic N) is 4. The van der Waals surface area contributed by atoms with Crippen LogP contribution in [0.4, 0.5) is 10.6 Å². The number of carbonyl (C=O) groups excluding carboxylic acids is 3. The highest BCUT2D eigenvalue weighted by molar-refractivity contribution is 7.57. The number of esters is 1. The fourth-order valence-corrected chi connectivity index (χ4v) is 8.03. The van der Waals surface area contributed by atoms with Gasteiger partial charge in [0.15, 0.2) is 17.2 Å². The topological polar surface area (TPSA) is 199 Å². The molecule has 0 unspecified atom stereocenters. The number of ketones is 1. The van der Waals surface area contributed by atoms with Crippen molar-refractivity contribution in [3.63, 3.8) is 0 Å². The predicted octanol–water partition coefficient (Wildman–Crippen LogP) is 5.96. The van der Waals surface area contributed by atoms with Gasteiger partial charge in [0.25, 0.3) is 0 Å². The lowest BCUT2D eigenvalue weighted by Gasteiger charge is -2.25. The minimum absolute atomic E-state index is 0.0549. The first kappa shape index (κ1) is 40.3. The standard InChI is InChI=1S/C38H50N7O8P/c1-25(2)52-37(47)27(4)44-54(49,24-51-26(3)20-45-23-42-34-35(39)40-22-41-36(34)45)53-31-16-14-29(15-17-31)18-32(33(46)19-28-10-8-9-11-28)43-38(48)50-21-30-12-6-5-7-13-30/h5-7,12-17,22-23,25-28,32H,8-11,18-21,24H2,1-4H3,(H,43,48)(H,44,49)(H2,39,40,41)/t26-,27+,32+,54-/m1/s1. The number of carbonyl (C=O) groups is 3. The van der Waals surface area contributed by atoms with E-state index in [1.165, 1.54) is 13.3 Å². The number of amides is 1. The maximum Gasteiger partial charge on any atom is 0.408 e. The van der Waals surface area contributed by atoms with Gasteiger partial charge in [0.05, 0.1) is 31.1 Å². The summed E-state index contributed by atoms with van der Waals surface area (Å²) in [4.78, 5) is 51.5. The van der Waals surface area contributed by atoms with Crippen LogP contribution in [0.25, 0.3) is 11.2 Å². The number of fused-ring (bicyclic) bond motifs is 1. The maximum absolute atomic E-state index is 14.3. The average molecular weight is 764 g/mol. The summed E-state index contributed by atoms with van der Waals surface area (Å²) in [6.45, 7) is 7.17. The minimum Gasteiger partial charge on any atom is -0.462 e. The number of rotatable bonds is 19. The van der Waals surface area contributed by atoms with Crippen LogP contribution in [0.15, 0.2) is 67.3 Å². The van der Waals surface area contributed by atoms with E-state index in [-0.39, 0.29) is 42.8 Å². The first-order chi connectivity index (χ1) is 25.9. The van der Waals surface area contributed by atoms with Crippen LogP contribution in [0.5, 0.6) is 5.75 Å². The van der Waals surface area contributed by atoms with Gasteiger partial charge in [-0.05, 0) is 63.3 Å². The Kier molecular flexibility index (Phi) is 14.2. The van der Waals surface area contributed by atoms with Crippen LogP contribution in [0.2, 0.25) is 0 Å². The van der Waals surface area contributed by atoms with E-state index in [4.69, 9.17) is 24.5 Å². The highest BCUT2D eigenvalue weighted by Gasteiger charge is 2.32. The van der Waals surface area contributed by atoms with Gasteiger partial charge >= 0.3 is 19.6 Å². The van der Waals surface area contributed by atoms with Crippen molar-refractivity contribution in [1.29, 1.82) is 0 Å². The molecule has 4 atom stereocenters. The summed E-state index contributed by atoms with van der Waals surface area (Å²) < 4.78 is 38.9. The molecule has 16 heteroatoms. The second-order valence-corrected chi connectivity index (χ2v) is 16.0. The van der Waals surface area contributed by atoms with Crippen LogP contribution in [0, 0.1) is 5.92 Å². The molecule has 4 N–H and O–H groups in total. The molecule has 0 radical (unpaired) electrons. The van der Waals surface area contributed by atoms with Crippen LogP contribution in [0.3, 0.4) is 0 Å². The van der Waals surface area contributed by atoms with E-state index >= 15 is 0 Å². The number of nitrogens with two attached hydrogens (primary N) is 1. The molecule has 2 aromatic carbocycles. The Morgan fingerprint density at radius 1 is 0.963 bits per heavy atom. The van der Waals surface area contributed by atoms with Crippen LogP contribution in [0.1, 0.15) is 70.9 Å². The zero-order chi connectivity index (χ0) is 38.7. The van der Waals surface area contributed by atoms with E-state index in [0.29, 0.717) is 30.0 Å². The Labute approximate surface area is 315 Å². The Balaban J connectivity index is 1.26. The van der Waals surface area contributed by atoms with Gasteiger partial charge in [-0.25, -0.2) is 24.8 Å². The minimum atomic E-state index is -3.89. The molecule has 2 heterocycles. The van der Waals surface area contributed by atoms with E-state index in [0.717, 1.165) is 36.8 Å². The second-order valence-electron chi connectivity index (χ2n) is 14.0. The zero-order valence-corrected chi connectivity index (χ0v) is 32.1. The van der Waals surface area contributed by atoms with Crippen LogP contribution in [-0.4, -0.2) is 68.0 Å². The van der Waals surface area contributed by atoms with Crippen molar-refractivity contribution in [2.45, 2.75) is 104 Å². The lowest BCUT2D eigenvalue weighted by atomic mass is 9.94. The third-order valence-electron chi connectivity index (χ3n) is 8.98. The molecular weight excluding hydrogens is 713 g/mol. The van der Waals surface area contributed by atoms with Gasteiger partial charge in [-0.2, -0.15) is 0 Å². The van der Waals surface area contributed by atoms with Crippen LogP contribution < -0.4 is 20.7 Å². The monoisotopic (exact) mass is 763 g/mol. The number of aromatic nitrogens is 4. The molecule has 1 saturated carbocycles. The van der Waals surface area contributed by atoms with Gasteiger partial charge in [-0.15, -0.1) is 0 Å². The van der Waals surface area contributed by atoms with Gasteiger partial charge in [-0.1, -0.05) is 68.1 Å². The molecule has 15 nitrogen and oxygen atoms in total. The highest BCUT2D eigenvalue weighted by atomic mass is 31.2. The van der Waals surface area contributed by atoms with E-state index in [2.05, 4.69) is 25.4 Å². The molecule has 1 aliphatic carbocycles. The molecule has 290 valence electrons. The van der Waals surface area contributed by atoms with Crippen molar-refractivity contribution in [2.24, 2.45) is 5.92 Å². The number of hydrogen-bond acceptors (Lipinski definition) is 12. The molecule has 0 bridgehead atoms. The first-order valence-corrected chi connectivity index (χ1v) is 20.1. The molecule has 0 saturated heterocycles. The fourth-order valence-electron chi connectivity index (χ4n) is 6.25. The van der Waals surface area contributed by atoms with Gasteiger partial charge in [-0.3, -0.25) is 14.2 Å². The molecule has 54 heavy (non-hydrogen) atoms. The van der Waals surface area contributed by atoms with Crippen LogP contribution >= 0.6 is 7.52 Å². The number of anilines is 1. The van der Waals surface area contributed by atoms with Crippen molar-refractivity contribution < 1.29 is 37.7 Å². The summed E-state index contributed by atoms with van der Waals surface area (Å²) in [6.07, 6.45) is 5.82. The lowest BCUT2D eigenvalue weighted by molar-refractivity contribution is -0.149.